The lowest BCUT2D eigenvalue weighted by Crippen LogP contribution is -2.14. The van der Waals surface area contributed by atoms with Gasteiger partial charge in [-0.2, -0.15) is 0 Å². The summed E-state index contributed by atoms with van der Waals surface area (Å²) in [4.78, 5) is 40.3. The number of imidazole rings is 2. The predicted molar refractivity (Wildman–Crippen MR) is 283 cm³/mol. The van der Waals surface area contributed by atoms with E-state index in [9.17, 15) is 0 Å². The van der Waals surface area contributed by atoms with Crippen molar-refractivity contribution in [1.82, 2.24) is 18.8 Å². The summed E-state index contributed by atoms with van der Waals surface area (Å²) in [7, 11) is 0. The van der Waals surface area contributed by atoms with Gasteiger partial charge in [-0.05, 0) is 109 Å². The highest BCUT2D eigenvalue weighted by Gasteiger charge is 2.28. The lowest BCUT2D eigenvalue weighted by molar-refractivity contribution is 0.488. The van der Waals surface area contributed by atoms with Crippen molar-refractivity contribution >= 4 is 98.0 Å². The second-order valence-electron chi connectivity index (χ2n) is 19.1. The molecule has 0 N–H and O–H groups in total. The van der Waals surface area contributed by atoms with Gasteiger partial charge >= 0.3 is 0 Å². The Hall–Kier alpha value is -7.84. The molecule has 13 aromatic rings. The number of para-hydroxylation sites is 4. The van der Waals surface area contributed by atoms with Gasteiger partial charge in [0.25, 0.3) is 11.1 Å². The number of ether oxygens (including phenoxy) is 2. The number of aromatic nitrogens is 4. The minimum Gasteiger partial charge on any atom is -0.457 e. The molecule has 0 aliphatic carbocycles. The zero-order valence-corrected chi connectivity index (χ0v) is 38.9. The second kappa shape index (κ2) is 16.4. The lowest BCUT2D eigenvalue weighted by atomic mass is 9.85. The Balaban J connectivity index is 1.03. The van der Waals surface area contributed by atoms with Crippen LogP contribution in [0.3, 0.4) is 0 Å². The van der Waals surface area contributed by atoms with E-state index in [0.29, 0.717) is 45.1 Å². The van der Waals surface area contributed by atoms with Crippen molar-refractivity contribution in [3.63, 3.8) is 0 Å². The van der Waals surface area contributed by atoms with Crippen LogP contribution in [0.5, 0.6) is 23.0 Å². The monoisotopic (exact) mass is 902 g/mol. The van der Waals surface area contributed by atoms with Gasteiger partial charge in [-0.15, -0.1) is 0 Å². The summed E-state index contributed by atoms with van der Waals surface area (Å²) in [5.41, 5.74) is 6.28. The van der Waals surface area contributed by atoms with Gasteiger partial charge in [0.05, 0.1) is 32.8 Å². The molecule has 338 valence electrons. The number of unbranched alkanes of at least 4 members (excludes halogenated alkanes) is 9. The number of rotatable bonds is 15. The number of hydrogen-bond donors (Lipinski definition) is 0. The summed E-state index contributed by atoms with van der Waals surface area (Å²) in [5.74, 6) is 2.43. The summed E-state index contributed by atoms with van der Waals surface area (Å²) in [6.07, 6.45) is 14.1. The number of nitrogens with zero attached hydrogens (tertiary/aromatic N) is 4. The molecule has 4 aromatic heterocycles. The van der Waals surface area contributed by atoms with Gasteiger partial charge in [-0.3, -0.25) is 18.4 Å². The third-order valence-electron chi connectivity index (χ3n) is 14.7. The summed E-state index contributed by atoms with van der Waals surface area (Å²) >= 11 is 0. The number of aryl methyl sites for hydroxylation is 2. The molecule has 0 amide bonds. The van der Waals surface area contributed by atoms with Crippen molar-refractivity contribution in [1.29, 1.82) is 0 Å². The molecule has 0 saturated heterocycles. The predicted octanol–water partition coefficient (Wildman–Crippen LogP) is 15.6. The van der Waals surface area contributed by atoms with Crippen LogP contribution in [0, 0.1) is 6.92 Å². The van der Waals surface area contributed by atoms with Gasteiger partial charge in [0.2, 0.25) is 0 Å². The van der Waals surface area contributed by atoms with Gasteiger partial charge in [-0.1, -0.05) is 131 Å². The smallest absolute Gasteiger partial charge is 0.264 e. The molecule has 0 aliphatic heterocycles. The molecule has 4 heterocycles. The third-order valence-corrected chi connectivity index (χ3v) is 14.7. The van der Waals surface area contributed by atoms with Gasteiger partial charge in [-0.25, -0.2) is 9.97 Å². The minimum atomic E-state index is -0.168. The lowest BCUT2D eigenvalue weighted by Gasteiger charge is -2.22. The molecule has 0 aliphatic rings. The fraction of sp³-hybridized carbons (Fsp3) is 0.213. The van der Waals surface area contributed by atoms with Crippen LogP contribution in [0.2, 0.25) is 0 Å². The first kappa shape index (κ1) is 41.4. The molecule has 69 heavy (non-hydrogen) atoms. The Morgan fingerprint density at radius 1 is 0.435 bits per heavy atom. The average Bonchev–Trinajstić information content (AvgIpc) is 3.97. The van der Waals surface area contributed by atoms with Crippen LogP contribution in [0.15, 0.2) is 143 Å². The molecule has 0 unspecified atom stereocenters. The maximum atomic E-state index is 15.1. The third kappa shape index (κ3) is 6.56. The van der Waals surface area contributed by atoms with Gasteiger partial charge in [0, 0.05) is 43.1 Å². The number of fused-ring (bicyclic) bond motifs is 10. The van der Waals surface area contributed by atoms with E-state index in [1.165, 1.54) is 63.4 Å². The fourth-order valence-electron chi connectivity index (χ4n) is 11.4. The molecule has 0 fully saturated rings. The number of hydrogen-bond acceptors (Lipinski definition) is 6. The van der Waals surface area contributed by atoms with Gasteiger partial charge in [0.15, 0.2) is 0 Å². The van der Waals surface area contributed by atoms with E-state index in [0.717, 1.165) is 94.3 Å². The van der Waals surface area contributed by atoms with E-state index in [1.807, 2.05) is 91.9 Å². The maximum Gasteiger partial charge on any atom is 0.264 e. The first-order chi connectivity index (χ1) is 33.9. The van der Waals surface area contributed by atoms with Crippen molar-refractivity contribution in [3.8, 4) is 23.0 Å². The topological polar surface area (TPSA) is 87.2 Å². The molecule has 0 spiro atoms. The highest BCUT2D eigenvalue weighted by molar-refractivity contribution is 6.42. The van der Waals surface area contributed by atoms with Crippen molar-refractivity contribution in [3.05, 3.63) is 165 Å². The van der Waals surface area contributed by atoms with E-state index >= 15 is 9.59 Å². The zero-order valence-electron chi connectivity index (χ0n) is 38.9. The summed E-state index contributed by atoms with van der Waals surface area (Å²) in [6.45, 7) is 4.32. The van der Waals surface area contributed by atoms with Gasteiger partial charge in [0.1, 0.15) is 34.3 Å². The molecule has 13 rings (SSSR count). The Morgan fingerprint density at radius 2 is 0.870 bits per heavy atom. The van der Waals surface area contributed by atoms with Crippen molar-refractivity contribution in [2.45, 2.75) is 84.5 Å². The molecule has 0 radical (unpaired) electrons. The average molecular weight is 903 g/mol. The van der Waals surface area contributed by atoms with Crippen LogP contribution >= 0.6 is 0 Å². The fourth-order valence-corrected chi connectivity index (χ4v) is 11.4. The Morgan fingerprint density at radius 3 is 1.36 bits per heavy atom. The Bertz CT molecular complexity index is 4230. The van der Waals surface area contributed by atoms with Crippen molar-refractivity contribution in [2.75, 3.05) is 0 Å². The first-order valence-corrected chi connectivity index (χ1v) is 24.8. The maximum absolute atomic E-state index is 15.1. The van der Waals surface area contributed by atoms with Crippen molar-refractivity contribution in [2.24, 2.45) is 0 Å². The van der Waals surface area contributed by atoms with Gasteiger partial charge < -0.3 is 9.47 Å². The molecule has 0 atom stereocenters. The molecule has 0 bridgehead atoms. The van der Waals surface area contributed by atoms with E-state index in [-0.39, 0.29) is 11.1 Å². The standard InChI is InChI=1S/C61H50N4O4/c1-3-4-5-6-7-8-9-10-11-12-17-37-24-28-39(29-25-37)69-51-35-45-53-43(59-63-47-19-14-16-21-49(47)65(59)61(45)67)32-30-40-54-50(68-38-26-22-36(2)23-27-38)34-44-52-42(33-31-41(56(52)54)55(51)57(40)53)58-62-46-18-13-15-20-48(46)64(58)60(44)66/h13-16,18-35H,3-12,17H2,1-2H3. The van der Waals surface area contributed by atoms with E-state index in [4.69, 9.17) is 19.4 Å². The normalized spacial score (nSPS) is 12.4. The molecule has 8 heteroatoms. The molecular weight excluding hydrogens is 853 g/mol. The Kier molecular flexibility index (Phi) is 9.86. The van der Waals surface area contributed by atoms with E-state index in [2.05, 4.69) is 55.5 Å². The zero-order chi connectivity index (χ0) is 46.3. The van der Waals surface area contributed by atoms with E-state index < -0.39 is 0 Å². The molecular formula is C61H50N4O4. The SMILES string of the molecule is CCCCCCCCCCCCc1ccc(Oc2cc3c(=O)n4c5ccccc5nc4c4ccc5c6c(Oc7ccc(C)cc7)cc7c(=O)n8c9ccccc9nc8c8ccc(c2c5c34)c6c78)cc1. The largest absolute Gasteiger partial charge is 0.457 e. The number of benzene rings is 9. The highest BCUT2D eigenvalue weighted by atomic mass is 16.5. The molecule has 9 aromatic carbocycles. The summed E-state index contributed by atoms with van der Waals surface area (Å²) in [6, 6.07) is 44.3. The van der Waals surface area contributed by atoms with Crippen LogP contribution in [0.4, 0.5) is 0 Å². The van der Waals surface area contributed by atoms with Crippen LogP contribution in [-0.2, 0) is 6.42 Å². The summed E-state index contributed by atoms with van der Waals surface area (Å²) in [5, 5.41) is 9.62. The Labute approximate surface area is 397 Å². The van der Waals surface area contributed by atoms with Crippen LogP contribution in [0.25, 0.3) is 98.0 Å². The number of pyridine rings is 2. The second-order valence-corrected chi connectivity index (χ2v) is 19.1. The van der Waals surface area contributed by atoms with Crippen LogP contribution in [0.1, 0.15) is 82.3 Å². The van der Waals surface area contributed by atoms with Crippen LogP contribution < -0.4 is 20.6 Å². The van der Waals surface area contributed by atoms with Crippen molar-refractivity contribution < 1.29 is 9.47 Å². The quantitative estimate of drug-likeness (QED) is 0.0579. The molecule has 8 nitrogen and oxygen atoms in total. The molecule has 0 saturated carbocycles. The summed E-state index contributed by atoms with van der Waals surface area (Å²) < 4.78 is 17.5. The van der Waals surface area contributed by atoms with Crippen LogP contribution in [-0.4, -0.2) is 18.8 Å². The minimum absolute atomic E-state index is 0.164. The highest BCUT2D eigenvalue weighted by Crippen LogP contribution is 2.52. The first-order valence-electron chi connectivity index (χ1n) is 24.8. The van der Waals surface area contributed by atoms with E-state index in [1.54, 1.807) is 8.80 Å².